The minimum absolute atomic E-state index is 0.0900. The van der Waals surface area contributed by atoms with Crippen molar-refractivity contribution in [2.75, 3.05) is 0 Å². The molecule has 2 rings (SSSR count). The summed E-state index contributed by atoms with van der Waals surface area (Å²) in [6, 6.07) is -0.146. The molecule has 0 saturated carbocycles. The molecule has 0 aliphatic carbocycles. The van der Waals surface area contributed by atoms with Gasteiger partial charge in [-0.1, -0.05) is 20.8 Å². The summed E-state index contributed by atoms with van der Waals surface area (Å²) >= 11 is 1.65. The van der Waals surface area contributed by atoms with Gasteiger partial charge in [-0.15, -0.1) is 11.3 Å². The zero-order chi connectivity index (χ0) is 12.5. The fourth-order valence-electron chi connectivity index (χ4n) is 1.43. The molecule has 3 N–H and O–H groups in total. The van der Waals surface area contributed by atoms with Crippen molar-refractivity contribution in [3.8, 4) is 0 Å². The van der Waals surface area contributed by atoms with E-state index in [0.29, 0.717) is 6.42 Å². The maximum absolute atomic E-state index is 6.03. The number of aromatic nitrogens is 4. The van der Waals surface area contributed by atoms with Crippen LogP contribution in [-0.4, -0.2) is 20.4 Å². The molecule has 0 fully saturated rings. The summed E-state index contributed by atoms with van der Waals surface area (Å²) in [4.78, 5) is 4.61. The van der Waals surface area contributed by atoms with E-state index in [1.54, 1.807) is 17.5 Å². The van der Waals surface area contributed by atoms with Crippen molar-refractivity contribution in [3.63, 3.8) is 0 Å². The molecule has 17 heavy (non-hydrogen) atoms. The fraction of sp³-hybridized carbons (Fsp3) is 0.545. The van der Waals surface area contributed by atoms with E-state index in [1.165, 1.54) is 0 Å². The quantitative estimate of drug-likeness (QED) is 0.871. The van der Waals surface area contributed by atoms with Gasteiger partial charge in [-0.3, -0.25) is 0 Å². The molecule has 0 bridgehead atoms. The lowest BCUT2D eigenvalue weighted by Crippen LogP contribution is -2.15. The molecule has 5 nitrogen and oxygen atoms in total. The second-order valence-electron chi connectivity index (χ2n) is 5.08. The molecule has 92 valence electrons. The van der Waals surface area contributed by atoms with Crippen LogP contribution in [0.1, 0.15) is 43.2 Å². The van der Waals surface area contributed by atoms with E-state index in [1.807, 2.05) is 0 Å². The van der Waals surface area contributed by atoms with E-state index in [9.17, 15) is 0 Å². The van der Waals surface area contributed by atoms with Crippen molar-refractivity contribution in [2.24, 2.45) is 5.73 Å². The number of nitrogens with one attached hydrogen (secondary N) is 1. The Balaban J connectivity index is 2.07. The molecular weight excluding hydrogens is 234 g/mol. The molecule has 1 atom stereocenters. The second kappa shape index (κ2) is 4.54. The summed E-state index contributed by atoms with van der Waals surface area (Å²) in [6.07, 6.45) is 2.36. The first-order valence-corrected chi connectivity index (χ1v) is 6.41. The third kappa shape index (κ3) is 2.89. The molecule has 2 aromatic rings. The lowest BCUT2D eigenvalue weighted by molar-refractivity contribution is 0.568. The number of hydrogen-bond acceptors (Lipinski definition) is 5. The Kier molecular flexibility index (Phi) is 3.26. The Labute approximate surface area is 104 Å². The summed E-state index contributed by atoms with van der Waals surface area (Å²) < 4.78 is 0. The summed E-state index contributed by atoms with van der Waals surface area (Å²) in [6.45, 7) is 6.47. The fourth-order valence-corrected chi connectivity index (χ4v) is 2.51. The maximum Gasteiger partial charge on any atom is 0.0995 e. The van der Waals surface area contributed by atoms with E-state index < -0.39 is 0 Å². The number of nitrogens with two attached hydrogens (primary N) is 1. The van der Waals surface area contributed by atoms with Gasteiger partial charge in [0.05, 0.1) is 28.6 Å². The van der Waals surface area contributed by atoms with Crippen molar-refractivity contribution in [3.05, 3.63) is 28.0 Å². The molecule has 2 aromatic heterocycles. The maximum atomic E-state index is 6.03. The minimum Gasteiger partial charge on any atom is -0.322 e. The summed E-state index contributed by atoms with van der Waals surface area (Å²) in [7, 11) is 0. The first-order chi connectivity index (χ1) is 7.97. The molecule has 0 saturated heterocycles. The van der Waals surface area contributed by atoms with Crippen LogP contribution in [0.3, 0.4) is 0 Å². The van der Waals surface area contributed by atoms with Gasteiger partial charge in [0.15, 0.2) is 0 Å². The van der Waals surface area contributed by atoms with Crippen LogP contribution in [0.5, 0.6) is 0 Å². The average Bonchev–Trinajstić information content (AvgIpc) is 2.85. The summed E-state index contributed by atoms with van der Waals surface area (Å²) in [5, 5.41) is 13.5. The van der Waals surface area contributed by atoms with Gasteiger partial charge in [0.2, 0.25) is 0 Å². The number of H-pyrrole nitrogens is 1. The third-order valence-corrected chi connectivity index (χ3v) is 3.40. The van der Waals surface area contributed by atoms with E-state index in [2.05, 4.69) is 46.5 Å². The van der Waals surface area contributed by atoms with Crippen LogP contribution in [-0.2, 0) is 11.8 Å². The molecule has 0 aliphatic heterocycles. The molecule has 0 radical (unpaired) electrons. The second-order valence-corrected chi connectivity index (χ2v) is 6.02. The number of hydrogen-bond donors (Lipinski definition) is 2. The van der Waals surface area contributed by atoms with Gasteiger partial charge in [-0.05, 0) is 0 Å². The Morgan fingerprint density at radius 3 is 2.76 bits per heavy atom. The van der Waals surface area contributed by atoms with E-state index in [4.69, 9.17) is 5.73 Å². The van der Waals surface area contributed by atoms with E-state index in [-0.39, 0.29) is 11.5 Å². The highest BCUT2D eigenvalue weighted by molar-refractivity contribution is 7.09. The van der Waals surface area contributed by atoms with Gasteiger partial charge in [0.1, 0.15) is 0 Å². The lowest BCUT2D eigenvalue weighted by atomic mass is 9.93. The van der Waals surface area contributed by atoms with Gasteiger partial charge < -0.3 is 5.73 Å². The SMILES string of the molecule is CC(C)(C)c1csc(CC(N)c2cn[nH]n2)n1. The summed E-state index contributed by atoms with van der Waals surface area (Å²) in [5.41, 5.74) is 8.02. The molecule has 0 aromatic carbocycles. The van der Waals surface area contributed by atoms with Crippen molar-refractivity contribution in [1.29, 1.82) is 0 Å². The normalized spacial score (nSPS) is 13.9. The molecule has 6 heteroatoms. The first-order valence-electron chi connectivity index (χ1n) is 5.53. The number of rotatable bonds is 3. The first kappa shape index (κ1) is 12.2. The number of thiazole rings is 1. The van der Waals surface area contributed by atoms with Crippen LogP contribution in [0.15, 0.2) is 11.6 Å². The Morgan fingerprint density at radius 1 is 1.47 bits per heavy atom. The predicted octanol–water partition coefficient (Wildman–Crippen LogP) is 1.80. The van der Waals surface area contributed by atoms with Gasteiger partial charge in [-0.25, -0.2) is 4.98 Å². The molecule has 2 heterocycles. The molecular formula is C11H17N5S. The van der Waals surface area contributed by atoms with Gasteiger partial charge >= 0.3 is 0 Å². The van der Waals surface area contributed by atoms with Crippen molar-refractivity contribution in [1.82, 2.24) is 20.4 Å². The molecule has 0 amide bonds. The van der Waals surface area contributed by atoms with Crippen molar-refractivity contribution >= 4 is 11.3 Å². The predicted molar refractivity (Wildman–Crippen MR) is 67.8 cm³/mol. The van der Waals surface area contributed by atoms with Crippen LogP contribution < -0.4 is 5.73 Å². The van der Waals surface area contributed by atoms with Crippen LogP contribution in [0, 0.1) is 0 Å². The Bertz CT molecular complexity index is 468. The Morgan fingerprint density at radius 2 is 2.24 bits per heavy atom. The Hall–Kier alpha value is -1.27. The van der Waals surface area contributed by atoms with Crippen LogP contribution in [0.25, 0.3) is 0 Å². The summed E-state index contributed by atoms with van der Waals surface area (Å²) in [5.74, 6) is 0. The van der Waals surface area contributed by atoms with Crippen molar-refractivity contribution < 1.29 is 0 Å². The molecule has 0 aliphatic rings. The highest BCUT2D eigenvalue weighted by Crippen LogP contribution is 2.25. The van der Waals surface area contributed by atoms with Gasteiger partial charge in [0, 0.05) is 17.2 Å². The standard InChI is InChI=1S/C11H17N5S/c1-11(2,3)9-6-17-10(14-9)4-7(12)8-5-13-16-15-8/h5-7H,4,12H2,1-3H3,(H,13,15,16). The average molecular weight is 251 g/mol. The number of nitrogens with zero attached hydrogens (tertiary/aromatic N) is 3. The largest absolute Gasteiger partial charge is 0.322 e. The van der Waals surface area contributed by atoms with E-state index in [0.717, 1.165) is 16.4 Å². The highest BCUT2D eigenvalue weighted by atomic mass is 32.1. The van der Waals surface area contributed by atoms with Crippen LogP contribution >= 0.6 is 11.3 Å². The van der Waals surface area contributed by atoms with Gasteiger partial charge in [0.25, 0.3) is 0 Å². The third-order valence-electron chi connectivity index (χ3n) is 2.53. The zero-order valence-electron chi connectivity index (χ0n) is 10.3. The van der Waals surface area contributed by atoms with Crippen molar-refractivity contribution in [2.45, 2.75) is 38.6 Å². The van der Waals surface area contributed by atoms with Crippen LogP contribution in [0.2, 0.25) is 0 Å². The highest BCUT2D eigenvalue weighted by Gasteiger charge is 2.19. The van der Waals surface area contributed by atoms with Gasteiger partial charge in [-0.2, -0.15) is 15.4 Å². The minimum atomic E-state index is -0.146. The smallest absolute Gasteiger partial charge is 0.0995 e. The van der Waals surface area contributed by atoms with Crippen LogP contribution in [0.4, 0.5) is 0 Å². The monoisotopic (exact) mass is 251 g/mol. The topological polar surface area (TPSA) is 80.5 Å². The number of aromatic amines is 1. The molecule has 0 spiro atoms. The zero-order valence-corrected chi connectivity index (χ0v) is 11.1. The van der Waals surface area contributed by atoms with E-state index >= 15 is 0 Å². The molecule has 1 unspecified atom stereocenters. The lowest BCUT2D eigenvalue weighted by Gasteiger charge is -2.14.